The lowest BCUT2D eigenvalue weighted by Crippen LogP contribution is -2.57. The number of carbonyl (C=O) groups is 5. The van der Waals surface area contributed by atoms with Gasteiger partial charge in [-0.1, -0.05) is 50.3 Å². The maximum absolute atomic E-state index is 13.7. The maximum Gasteiger partial charge on any atom is 0.328 e. The summed E-state index contributed by atoms with van der Waals surface area (Å²) >= 11 is 1.55. The van der Waals surface area contributed by atoms with E-state index in [-0.39, 0.29) is 50.8 Å². The van der Waals surface area contributed by atoms with Crippen molar-refractivity contribution in [1.82, 2.24) is 25.5 Å². The summed E-state index contributed by atoms with van der Waals surface area (Å²) in [7, 11) is 3.11. The minimum absolute atomic E-state index is 0.0802. The third-order valence-electron chi connectivity index (χ3n) is 7.77. The van der Waals surface area contributed by atoms with E-state index in [2.05, 4.69) is 20.9 Å². The van der Waals surface area contributed by atoms with Crippen molar-refractivity contribution in [3.63, 3.8) is 0 Å². The molecule has 0 aliphatic rings. The fraction of sp³-hybridized carbons (Fsp3) is 0.556. The zero-order valence-electron chi connectivity index (χ0n) is 30.2. The van der Waals surface area contributed by atoms with E-state index in [1.165, 1.54) is 7.11 Å². The van der Waals surface area contributed by atoms with Crippen LogP contribution in [-0.4, -0.2) is 89.7 Å². The number of hydrogen-bond donors (Lipinski definition) is 3. The van der Waals surface area contributed by atoms with E-state index in [9.17, 15) is 24.0 Å². The van der Waals surface area contributed by atoms with Gasteiger partial charge < -0.3 is 29.4 Å². The number of thioether (sulfide) groups is 1. The van der Waals surface area contributed by atoms with Gasteiger partial charge in [0, 0.05) is 26.2 Å². The largest absolute Gasteiger partial charge is 0.467 e. The van der Waals surface area contributed by atoms with Crippen LogP contribution in [0.25, 0.3) is 6.08 Å². The Kier molecular flexibility index (Phi) is 18.9. The SMILES string of the molecule is CCOC(=O)C[C@@H](C/C=C/c1nc(CN[C@H](C(=O)N[C@@H](Cc2ccccc2)C(=O)N[C@@H](CCSC)C(=O)OC)C(C)C)cn1C)C(=O)OCC. The molecule has 0 radical (unpaired) electrons. The number of allylic oxidation sites excluding steroid dienone is 1. The summed E-state index contributed by atoms with van der Waals surface area (Å²) in [6, 6.07) is 6.90. The molecule has 3 N–H and O–H groups in total. The molecule has 1 heterocycles. The summed E-state index contributed by atoms with van der Waals surface area (Å²) in [5, 5.41) is 8.99. The highest BCUT2D eigenvalue weighted by Crippen LogP contribution is 2.16. The van der Waals surface area contributed by atoms with Gasteiger partial charge in [-0.25, -0.2) is 9.78 Å². The van der Waals surface area contributed by atoms with Crippen LogP contribution in [0.1, 0.15) is 64.0 Å². The van der Waals surface area contributed by atoms with Crippen LogP contribution < -0.4 is 16.0 Å². The van der Waals surface area contributed by atoms with Crippen LogP contribution in [0.5, 0.6) is 0 Å². The molecule has 0 saturated carbocycles. The number of ether oxygens (including phenoxy) is 3. The van der Waals surface area contributed by atoms with Gasteiger partial charge in [-0.2, -0.15) is 11.8 Å². The molecule has 2 amide bonds. The molecule has 0 bridgehead atoms. The summed E-state index contributed by atoms with van der Waals surface area (Å²) in [5.41, 5.74) is 1.52. The molecule has 0 unspecified atom stereocenters. The molecular weight excluding hydrogens is 662 g/mol. The smallest absolute Gasteiger partial charge is 0.328 e. The van der Waals surface area contributed by atoms with Crippen molar-refractivity contribution >= 4 is 47.6 Å². The molecule has 0 fully saturated rings. The molecule has 1 aromatic carbocycles. The van der Waals surface area contributed by atoms with Crippen LogP contribution in [0.2, 0.25) is 0 Å². The molecule has 2 rings (SSSR count). The first-order chi connectivity index (χ1) is 23.9. The van der Waals surface area contributed by atoms with Gasteiger partial charge in [0.25, 0.3) is 0 Å². The van der Waals surface area contributed by atoms with E-state index in [1.54, 1.807) is 37.8 Å². The second-order valence-corrected chi connectivity index (χ2v) is 13.0. The van der Waals surface area contributed by atoms with E-state index in [0.29, 0.717) is 23.7 Å². The Morgan fingerprint density at radius 3 is 2.26 bits per heavy atom. The van der Waals surface area contributed by atoms with Crippen molar-refractivity contribution in [3.05, 3.63) is 59.7 Å². The van der Waals surface area contributed by atoms with Gasteiger partial charge in [-0.05, 0) is 56.3 Å². The fourth-order valence-electron chi connectivity index (χ4n) is 5.13. The van der Waals surface area contributed by atoms with Gasteiger partial charge in [0.15, 0.2) is 0 Å². The van der Waals surface area contributed by atoms with Crippen LogP contribution in [-0.2, 0) is 58.2 Å². The van der Waals surface area contributed by atoms with E-state index >= 15 is 0 Å². The van der Waals surface area contributed by atoms with E-state index in [4.69, 9.17) is 14.2 Å². The number of hydrogen-bond acceptors (Lipinski definition) is 11. The second-order valence-electron chi connectivity index (χ2n) is 12.0. The van der Waals surface area contributed by atoms with Gasteiger partial charge in [-0.15, -0.1) is 0 Å². The number of nitrogens with zero attached hydrogens (tertiary/aromatic N) is 2. The molecule has 0 aliphatic carbocycles. The number of nitrogens with one attached hydrogen (secondary N) is 3. The Balaban J connectivity index is 2.15. The van der Waals surface area contributed by atoms with Gasteiger partial charge in [0.1, 0.15) is 17.9 Å². The Labute approximate surface area is 299 Å². The maximum atomic E-state index is 13.7. The van der Waals surface area contributed by atoms with Gasteiger partial charge in [0.2, 0.25) is 11.8 Å². The van der Waals surface area contributed by atoms with Crippen molar-refractivity contribution in [3.8, 4) is 0 Å². The number of rotatable bonds is 22. The van der Waals surface area contributed by atoms with E-state index < -0.39 is 47.9 Å². The number of aryl methyl sites for hydroxylation is 1. The molecule has 0 spiro atoms. The summed E-state index contributed by atoms with van der Waals surface area (Å²) in [5.74, 6) is -1.86. The molecule has 0 saturated heterocycles. The molecule has 0 aliphatic heterocycles. The Morgan fingerprint density at radius 1 is 0.960 bits per heavy atom. The fourth-order valence-corrected chi connectivity index (χ4v) is 5.60. The number of benzene rings is 1. The predicted molar refractivity (Wildman–Crippen MR) is 193 cm³/mol. The van der Waals surface area contributed by atoms with Gasteiger partial charge in [-0.3, -0.25) is 24.5 Å². The molecule has 276 valence electrons. The Morgan fingerprint density at radius 2 is 1.64 bits per heavy atom. The summed E-state index contributed by atoms with van der Waals surface area (Å²) in [4.78, 5) is 68.7. The van der Waals surface area contributed by atoms with Crippen molar-refractivity contribution < 1.29 is 38.2 Å². The van der Waals surface area contributed by atoms with Crippen LogP contribution in [0.3, 0.4) is 0 Å². The second kappa shape index (κ2) is 22.5. The number of imidazole rings is 1. The highest BCUT2D eigenvalue weighted by molar-refractivity contribution is 7.98. The third kappa shape index (κ3) is 14.4. The summed E-state index contributed by atoms with van der Waals surface area (Å²) in [6.07, 6.45) is 8.09. The van der Waals surface area contributed by atoms with Crippen molar-refractivity contribution in [2.75, 3.05) is 32.3 Å². The molecule has 4 atom stereocenters. The molecular formula is C36H53N5O8S. The van der Waals surface area contributed by atoms with Crippen molar-refractivity contribution in [1.29, 1.82) is 0 Å². The number of aromatic nitrogens is 2. The van der Waals surface area contributed by atoms with Crippen molar-refractivity contribution in [2.45, 2.75) is 78.0 Å². The zero-order valence-corrected chi connectivity index (χ0v) is 31.0. The van der Waals surface area contributed by atoms with E-state index in [1.807, 2.05) is 68.2 Å². The highest BCUT2D eigenvalue weighted by Gasteiger charge is 2.30. The van der Waals surface area contributed by atoms with Crippen molar-refractivity contribution in [2.24, 2.45) is 18.9 Å². The first-order valence-corrected chi connectivity index (χ1v) is 18.3. The minimum Gasteiger partial charge on any atom is -0.467 e. The van der Waals surface area contributed by atoms with Crippen LogP contribution in [0.4, 0.5) is 0 Å². The lowest BCUT2D eigenvalue weighted by Gasteiger charge is -2.26. The number of amides is 2. The molecule has 50 heavy (non-hydrogen) atoms. The molecule has 1 aromatic heterocycles. The number of methoxy groups -OCH3 is 1. The van der Waals surface area contributed by atoms with Crippen LogP contribution in [0.15, 0.2) is 42.6 Å². The van der Waals surface area contributed by atoms with Crippen LogP contribution >= 0.6 is 11.8 Å². The summed E-state index contributed by atoms with van der Waals surface area (Å²) in [6.45, 7) is 7.93. The Bertz CT molecular complexity index is 1410. The number of carbonyl (C=O) groups excluding carboxylic acids is 5. The molecule has 14 heteroatoms. The lowest BCUT2D eigenvalue weighted by atomic mass is 10.0. The van der Waals surface area contributed by atoms with Gasteiger partial charge in [0.05, 0.1) is 44.4 Å². The normalized spacial score (nSPS) is 13.7. The topological polar surface area (TPSA) is 167 Å². The predicted octanol–water partition coefficient (Wildman–Crippen LogP) is 3.21. The average Bonchev–Trinajstić information content (AvgIpc) is 3.44. The highest BCUT2D eigenvalue weighted by atomic mass is 32.2. The first-order valence-electron chi connectivity index (χ1n) is 16.9. The number of esters is 3. The standard InChI is InChI=1S/C36H53N5O8S/c1-8-48-31(42)21-26(35(45)49-9-2)16-13-17-30-38-27(23-41(30)5)22-37-32(24(3)4)34(44)40-29(20-25-14-11-10-12-15-25)33(43)39-28(18-19-50-7)36(46)47-6/h10-15,17,23-24,26,28-29,32,37H,8-9,16,18-22H2,1-7H3,(H,39,43)(H,40,44)/b17-13+/t26-,28+,29+,32+/m1/s1. The third-order valence-corrected chi connectivity index (χ3v) is 8.41. The Hall–Kier alpha value is -4.17. The van der Waals surface area contributed by atoms with Gasteiger partial charge >= 0.3 is 17.9 Å². The average molecular weight is 716 g/mol. The quantitative estimate of drug-likeness (QED) is 0.121. The summed E-state index contributed by atoms with van der Waals surface area (Å²) < 4.78 is 16.9. The van der Waals surface area contributed by atoms with Crippen LogP contribution in [0, 0.1) is 11.8 Å². The monoisotopic (exact) mass is 715 g/mol. The molecule has 13 nitrogen and oxygen atoms in total. The zero-order chi connectivity index (χ0) is 37.1. The lowest BCUT2D eigenvalue weighted by molar-refractivity contribution is -0.154. The minimum atomic E-state index is -0.941. The molecule has 2 aromatic rings. The first kappa shape index (κ1) is 42.0. The van der Waals surface area contributed by atoms with E-state index in [0.717, 1.165) is 5.56 Å².